The minimum Gasteiger partial charge on any atom is -0.508 e. The Kier molecular flexibility index (Phi) is 5.25. The van der Waals surface area contributed by atoms with Crippen LogP contribution in [0.1, 0.15) is 24.2 Å². The SMILES string of the molecule is CC(C)COC(=O)N1CCN(C(=O)c2cccc(O)c2)CC1. The predicted octanol–water partition coefficient (Wildman–Crippen LogP) is 1.94. The molecule has 0 aromatic heterocycles. The van der Waals surface area contributed by atoms with Crippen molar-refractivity contribution >= 4 is 12.0 Å². The van der Waals surface area contributed by atoms with Gasteiger partial charge in [0.15, 0.2) is 0 Å². The van der Waals surface area contributed by atoms with Crippen molar-refractivity contribution in [3.63, 3.8) is 0 Å². The molecular formula is C16H22N2O4. The summed E-state index contributed by atoms with van der Waals surface area (Å²) >= 11 is 0. The molecule has 1 saturated heterocycles. The number of rotatable bonds is 3. The van der Waals surface area contributed by atoms with E-state index in [0.717, 1.165) is 0 Å². The summed E-state index contributed by atoms with van der Waals surface area (Å²) in [5.74, 6) is 0.241. The monoisotopic (exact) mass is 306 g/mol. The van der Waals surface area contributed by atoms with Crippen molar-refractivity contribution in [1.82, 2.24) is 9.80 Å². The number of nitrogens with zero attached hydrogens (tertiary/aromatic N) is 2. The van der Waals surface area contributed by atoms with Gasteiger partial charge in [0.2, 0.25) is 0 Å². The van der Waals surface area contributed by atoms with Crippen LogP contribution < -0.4 is 0 Å². The van der Waals surface area contributed by atoms with Crippen molar-refractivity contribution in [2.24, 2.45) is 5.92 Å². The summed E-state index contributed by atoms with van der Waals surface area (Å²) in [6.07, 6.45) is -0.321. The van der Waals surface area contributed by atoms with E-state index in [0.29, 0.717) is 44.3 Å². The average Bonchev–Trinajstić information content (AvgIpc) is 2.52. The van der Waals surface area contributed by atoms with E-state index >= 15 is 0 Å². The summed E-state index contributed by atoms with van der Waals surface area (Å²) in [6.45, 7) is 6.22. The number of phenols is 1. The largest absolute Gasteiger partial charge is 0.508 e. The van der Waals surface area contributed by atoms with Crippen LogP contribution in [0.5, 0.6) is 5.75 Å². The smallest absolute Gasteiger partial charge is 0.409 e. The molecule has 22 heavy (non-hydrogen) atoms. The standard InChI is InChI=1S/C16H22N2O4/c1-12(2)11-22-16(21)18-8-6-17(7-9-18)15(20)13-4-3-5-14(19)10-13/h3-5,10,12,19H,6-9,11H2,1-2H3. The molecule has 0 radical (unpaired) electrons. The molecule has 1 aromatic carbocycles. The molecule has 0 aliphatic carbocycles. The van der Waals surface area contributed by atoms with Gasteiger partial charge in [0.05, 0.1) is 6.61 Å². The predicted molar refractivity (Wildman–Crippen MR) is 81.8 cm³/mol. The molecule has 2 amide bonds. The highest BCUT2D eigenvalue weighted by molar-refractivity contribution is 5.94. The molecule has 0 saturated carbocycles. The summed E-state index contributed by atoms with van der Waals surface area (Å²) < 4.78 is 5.19. The molecule has 1 N–H and O–H groups in total. The summed E-state index contributed by atoms with van der Waals surface area (Å²) in [5.41, 5.74) is 0.454. The van der Waals surface area contributed by atoms with Crippen molar-refractivity contribution in [3.05, 3.63) is 29.8 Å². The number of amides is 2. The van der Waals surface area contributed by atoms with E-state index in [1.807, 2.05) is 13.8 Å². The number of benzene rings is 1. The second kappa shape index (κ2) is 7.15. The Morgan fingerprint density at radius 1 is 1.18 bits per heavy atom. The third-order valence-corrected chi connectivity index (χ3v) is 3.46. The molecule has 120 valence electrons. The maximum atomic E-state index is 12.3. The number of aromatic hydroxyl groups is 1. The average molecular weight is 306 g/mol. The van der Waals surface area contributed by atoms with Crippen LogP contribution in [-0.2, 0) is 4.74 Å². The topological polar surface area (TPSA) is 70.1 Å². The second-order valence-electron chi connectivity index (χ2n) is 5.80. The van der Waals surface area contributed by atoms with Gasteiger partial charge in [0, 0.05) is 31.7 Å². The van der Waals surface area contributed by atoms with Crippen molar-refractivity contribution in [2.75, 3.05) is 32.8 Å². The highest BCUT2D eigenvalue weighted by atomic mass is 16.6. The first-order valence-electron chi connectivity index (χ1n) is 7.47. The number of ether oxygens (including phenoxy) is 1. The van der Waals surface area contributed by atoms with E-state index in [-0.39, 0.29) is 17.7 Å². The minimum atomic E-state index is -0.321. The zero-order chi connectivity index (χ0) is 16.1. The number of hydrogen-bond donors (Lipinski definition) is 1. The van der Waals surface area contributed by atoms with Crippen molar-refractivity contribution < 1.29 is 19.4 Å². The molecule has 0 spiro atoms. The van der Waals surface area contributed by atoms with Crippen LogP contribution in [0.2, 0.25) is 0 Å². The van der Waals surface area contributed by atoms with Crippen LogP contribution >= 0.6 is 0 Å². The summed E-state index contributed by atoms with van der Waals surface area (Å²) in [4.78, 5) is 27.5. The van der Waals surface area contributed by atoms with E-state index in [4.69, 9.17) is 4.74 Å². The first-order valence-corrected chi connectivity index (χ1v) is 7.47. The van der Waals surface area contributed by atoms with E-state index in [1.54, 1.807) is 21.9 Å². The quantitative estimate of drug-likeness (QED) is 0.926. The molecule has 0 atom stereocenters. The van der Waals surface area contributed by atoms with Gasteiger partial charge in [-0.1, -0.05) is 19.9 Å². The van der Waals surface area contributed by atoms with Gasteiger partial charge in [0.25, 0.3) is 5.91 Å². The molecule has 1 fully saturated rings. The van der Waals surface area contributed by atoms with Crippen molar-refractivity contribution in [3.8, 4) is 5.75 Å². The summed E-state index contributed by atoms with van der Waals surface area (Å²) in [7, 11) is 0. The first-order chi connectivity index (χ1) is 10.5. The van der Waals surface area contributed by atoms with Crippen LogP contribution in [0, 0.1) is 5.92 Å². The van der Waals surface area contributed by atoms with Crippen LogP contribution in [0.15, 0.2) is 24.3 Å². The van der Waals surface area contributed by atoms with E-state index in [2.05, 4.69) is 0 Å². The van der Waals surface area contributed by atoms with Gasteiger partial charge in [-0.05, 0) is 24.1 Å². The normalized spacial score (nSPS) is 15.0. The Bertz CT molecular complexity index is 537. The molecular weight excluding hydrogens is 284 g/mol. The first kappa shape index (κ1) is 16.1. The zero-order valence-electron chi connectivity index (χ0n) is 13.0. The highest BCUT2D eigenvalue weighted by Gasteiger charge is 2.25. The zero-order valence-corrected chi connectivity index (χ0v) is 13.0. The lowest BCUT2D eigenvalue weighted by atomic mass is 10.1. The van der Waals surface area contributed by atoms with Gasteiger partial charge in [-0.15, -0.1) is 0 Å². The maximum absolute atomic E-state index is 12.3. The lowest BCUT2D eigenvalue weighted by Gasteiger charge is -2.34. The Morgan fingerprint density at radius 2 is 1.82 bits per heavy atom. The highest BCUT2D eigenvalue weighted by Crippen LogP contribution is 2.14. The number of phenolic OH excluding ortho intramolecular Hbond substituents is 1. The third kappa shape index (κ3) is 4.13. The maximum Gasteiger partial charge on any atom is 0.409 e. The summed E-state index contributed by atoms with van der Waals surface area (Å²) in [6, 6.07) is 6.29. The van der Waals surface area contributed by atoms with Crippen LogP contribution in [0.25, 0.3) is 0 Å². The fraction of sp³-hybridized carbons (Fsp3) is 0.500. The Balaban J connectivity index is 1.86. The summed E-state index contributed by atoms with van der Waals surface area (Å²) in [5, 5.41) is 9.44. The van der Waals surface area contributed by atoms with Crippen molar-refractivity contribution in [1.29, 1.82) is 0 Å². The second-order valence-corrected chi connectivity index (χ2v) is 5.80. The molecule has 0 bridgehead atoms. The number of carbonyl (C=O) groups excluding carboxylic acids is 2. The molecule has 2 rings (SSSR count). The molecule has 6 heteroatoms. The van der Waals surface area contributed by atoms with Gasteiger partial charge in [-0.2, -0.15) is 0 Å². The molecule has 1 aliphatic heterocycles. The number of piperazine rings is 1. The number of hydrogen-bond acceptors (Lipinski definition) is 4. The Hall–Kier alpha value is -2.24. The molecule has 1 aromatic rings. The van der Waals surface area contributed by atoms with Gasteiger partial charge in [-0.3, -0.25) is 4.79 Å². The van der Waals surface area contributed by atoms with Gasteiger partial charge < -0.3 is 19.6 Å². The number of carbonyl (C=O) groups is 2. The lowest BCUT2D eigenvalue weighted by Crippen LogP contribution is -2.50. The van der Waals surface area contributed by atoms with Crippen molar-refractivity contribution in [2.45, 2.75) is 13.8 Å². The van der Waals surface area contributed by atoms with Gasteiger partial charge in [0.1, 0.15) is 5.75 Å². The molecule has 0 unspecified atom stereocenters. The minimum absolute atomic E-state index is 0.0711. The van der Waals surface area contributed by atoms with Crippen LogP contribution in [-0.4, -0.2) is 59.7 Å². The van der Waals surface area contributed by atoms with Gasteiger partial charge >= 0.3 is 6.09 Å². The fourth-order valence-electron chi connectivity index (χ4n) is 2.24. The Morgan fingerprint density at radius 3 is 2.41 bits per heavy atom. The molecule has 6 nitrogen and oxygen atoms in total. The van der Waals surface area contributed by atoms with E-state index < -0.39 is 0 Å². The third-order valence-electron chi connectivity index (χ3n) is 3.46. The molecule has 1 heterocycles. The fourth-order valence-corrected chi connectivity index (χ4v) is 2.24. The molecule has 1 aliphatic rings. The van der Waals surface area contributed by atoms with E-state index in [1.165, 1.54) is 12.1 Å². The lowest BCUT2D eigenvalue weighted by molar-refractivity contribution is 0.0535. The van der Waals surface area contributed by atoms with E-state index in [9.17, 15) is 14.7 Å². The van der Waals surface area contributed by atoms with Crippen LogP contribution in [0.4, 0.5) is 4.79 Å². The Labute approximate surface area is 130 Å². The van der Waals surface area contributed by atoms with Crippen LogP contribution in [0.3, 0.4) is 0 Å². The van der Waals surface area contributed by atoms with Gasteiger partial charge in [-0.25, -0.2) is 4.79 Å².